The van der Waals surface area contributed by atoms with Crippen LogP contribution in [0.3, 0.4) is 0 Å². The van der Waals surface area contributed by atoms with Crippen LogP contribution in [0.15, 0.2) is 24.3 Å². The molecule has 0 aliphatic rings. The van der Waals surface area contributed by atoms with Crippen molar-refractivity contribution >= 4 is 11.8 Å². The second kappa shape index (κ2) is 7.58. The summed E-state index contributed by atoms with van der Waals surface area (Å²) in [4.78, 5) is 0. The predicted octanol–water partition coefficient (Wildman–Crippen LogP) is 2.67. The van der Waals surface area contributed by atoms with Crippen LogP contribution in [0.4, 0.5) is 0 Å². The maximum Gasteiger partial charge on any atom is 0.115 e. The van der Waals surface area contributed by atoms with E-state index in [1.807, 2.05) is 23.9 Å². The molecule has 1 aromatic rings. The van der Waals surface area contributed by atoms with Crippen molar-refractivity contribution < 1.29 is 5.11 Å². The van der Waals surface area contributed by atoms with Crippen LogP contribution in [0.1, 0.15) is 19.4 Å². The summed E-state index contributed by atoms with van der Waals surface area (Å²) >= 11 is 1.95. The van der Waals surface area contributed by atoms with E-state index in [0.717, 1.165) is 24.5 Å². The summed E-state index contributed by atoms with van der Waals surface area (Å²) in [6.07, 6.45) is 0.981. The lowest BCUT2D eigenvalue weighted by Crippen LogP contribution is -2.33. The van der Waals surface area contributed by atoms with Gasteiger partial charge in [-0.1, -0.05) is 26.0 Å². The lowest BCUT2D eigenvalue weighted by molar-refractivity contribution is 0.473. The van der Waals surface area contributed by atoms with Crippen molar-refractivity contribution in [3.05, 3.63) is 29.8 Å². The van der Waals surface area contributed by atoms with Gasteiger partial charge in [0.15, 0.2) is 0 Å². The van der Waals surface area contributed by atoms with Crippen molar-refractivity contribution in [2.24, 2.45) is 0 Å². The largest absolute Gasteiger partial charge is 0.508 e. The van der Waals surface area contributed by atoms with Crippen LogP contribution in [-0.2, 0) is 6.42 Å². The normalized spacial score (nSPS) is 12.6. The Morgan fingerprint density at radius 3 is 2.81 bits per heavy atom. The zero-order valence-corrected chi connectivity index (χ0v) is 10.9. The number of hydrogen-bond acceptors (Lipinski definition) is 3. The molecule has 0 bridgehead atoms. The van der Waals surface area contributed by atoms with Crippen LogP contribution in [-0.4, -0.2) is 29.2 Å². The van der Waals surface area contributed by atoms with E-state index in [9.17, 15) is 5.11 Å². The highest BCUT2D eigenvalue weighted by atomic mass is 32.2. The summed E-state index contributed by atoms with van der Waals surface area (Å²) < 4.78 is 0. The van der Waals surface area contributed by atoms with Gasteiger partial charge in [-0.25, -0.2) is 0 Å². The average molecular weight is 239 g/mol. The Kier molecular flexibility index (Phi) is 6.34. The van der Waals surface area contributed by atoms with Gasteiger partial charge >= 0.3 is 0 Å². The van der Waals surface area contributed by atoms with Gasteiger partial charge in [-0.05, 0) is 36.4 Å². The lowest BCUT2D eigenvalue weighted by atomic mass is 10.1. The maximum absolute atomic E-state index is 9.41. The van der Waals surface area contributed by atoms with Crippen LogP contribution in [0.5, 0.6) is 5.75 Å². The number of benzene rings is 1. The molecule has 0 aliphatic heterocycles. The van der Waals surface area contributed by atoms with Crippen molar-refractivity contribution in [2.75, 3.05) is 18.1 Å². The first-order valence-electron chi connectivity index (χ1n) is 5.85. The molecule has 2 nitrogen and oxygen atoms in total. The molecule has 0 heterocycles. The van der Waals surface area contributed by atoms with Gasteiger partial charge in [0.2, 0.25) is 0 Å². The minimum Gasteiger partial charge on any atom is -0.508 e. The molecule has 3 heteroatoms. The van der Waals surface area contributed by atoms with Crippen LogP contribution >= 0.6 is 11.8 Å². The first kappa shape index (κ1) is 13.4. The van der Waals surface area contributed by atoms with E-state index in [1.54, 1.807) is 6.07 Å². The van der Waals surface area contributed by atoms with E-state index in [1.165, 1.54) is 5.56 Å². The van der Waals surface area contributed by atoms with Crippen molar-refractivity contribution in [3.63, 3.8) is 0 Å². The topological polar surface area (TPSA) is 32.3 Å². The average Bonchev–Trinajstić information content (AvgIpc) is 2.26. The quantitative estimate of drug-likeness (QED) is 0.767. The molecule has 0 saturated carbocycles. The molecule has 1 aromatic carbocycles. The fourth-order valence-electron chi connectivity index (χ4n) is 1.71. The molecule has 0 aromatic heterocycles. The maximum atomic E-state index is 9.41. The molecular formula is C13H21NOS. The van der Waals surface area contributed by atoms with Gasteiger partial charge < -0.3 is 10.4 Å². The number of phenolic OH excluding ortho intramolecular Hbond substituents is 1. The van der Waals surface area contributed by atoms with E-state index in [0.29, 0.717) is 11.8 Å². The van der Waals surface area contributed by atoms with E-state index in [4.69, 9.17) is 0 Å². The first-order valence-corrected chi connectivity index (χ1v) is 7.00. The zero-order chi connectivity index (χ0) is 11.8. The monoisotopic (exact) mass is 239 g/mol. The summed E-state index contributed by atoms with van der Waals surface area (Å²) in [5.41, 5.74) is 1.20. The van der Waals surface area contributed by atoms with Crippen molar-refractivity contribution in [2.45, 2.75) is 26.3 Å². The number of nitrogens with one attached hydrogen (secondary N) is 1. The van der Waals surface area contributed by atoms with Crippen molar-refractivity contribution in [3.8, 4) is 5.75 Å². The van der Waals surface area contributed by atoms with E-state index in [2.05, 4.69) is 25.2 Å². The summed E-state index contributed by atoms with van der Waals surface area (Å²) in [6.45, 7) is 5.31. The number of aromatic hydroxyl groups is 1. The third-order valence-corrected chi connectivity index (χ3v) is 3.45. The molecule has 0 amide bonds. The van der Waals surface area contributed by atoms with Gasteiger partial charge in [0.1, 0.15) is 5.75 Å². The fourth-order valence-corrected chi connectivity index (χ4v) is 2.46. The molecule has 1 unspecified atom stereocenters. The molecule has 2 N–H and O–H groups in total. The smallest absolute Gasteiger partial charge is 0.115 e. The van der Waals surface area contributed by atoms with Crippen LogP contribution < -0.4 is 5.32 Å². The minimum absolute atomic E-state index is 0.357. The van der Waals surface area contributed by atoms with E-state index < -0.39 is 0 Å². The molecule has 0 radical (unpaired) electrons. The minimum atomic E-state index is 0.357. The Balaban J connectivity index is 2.52. The van der Waals surface area contributed by atoms with Crippen molar-refractivity contribution in [1.82, 2.24) is 5.32 Å². The first-order chi connectivity index (χ1) is 7.76. The predicted molar refractivity (Wildman–Crippen MR) is 72.3 cm³/mol. The SMILES string of the molecule is CCNC(CSCC)Cc1cccc(O)c1. The number of hydrogen-bond donors (Lipinski definition) is 2. The molecule has 1 rings (SSSR count). The van der Waals surface area contributed by atoms with E-state index in [-0.39, 0.29) is 0 Å². The number of likely N-dealkylation sites (N-methyl/N-ethyl adjacent to an activating group) is 1. The molecule has 0 aliphatic carbocycles. The molecule has 1 atom stereocenters. The number of rotatable bonds is 7. The van der Waals surface area contributed by atoms with Crippen LogP contribution in [0.25, 0.3) is 0 Å². The number of phenols is 1. The second-order valence-corrected chi connectivity index (χ2v) is 5.11. The van der Waals surface area contributed by atoms with Gasteiger partial charge in [-0.3, -0.25) is 0 Å². The van der Waals surface area contributed by atoms with Gasteiger partial charge in [0.25, 0.3) is 0 Å². The lowest BCUT2D eigenvalue weighted by Gasteiger charge is -2.17. The molecule has 0 saturated heterocycles. The highest BCUT2D eigenvalue weighted by Crippen LogP contribution is 2.14. The highest BCUT2D eigenvalue weighted by Gasteiger charge is 2.08. The summed E-state index contributed by atoms with van der Waals surface area (Å²) in [5.74, 6) is 2.64. The Morgan fingerprint density at radius 2 is 2.19 bits per heavy atom. The van der Waals surface area contributed by atoms with Crippen molar-refractivity contribution in [1.29, 1.82) is 0 Å². The highest BCUT2D eigenvalue weighted by molar-refractivity contribution is 7.99. The Labute approximate surface area is 102 Å². The van der Waals surface area contributed by atoms with Gasteiger partial charge in [-0.2, -0.15) is 11.8 Å². The van der Waals surface area contributed by atoms with Crippen LogP contribution in [0, 0.1) is 0 Å². The third kappa shape index (κ3) is 4.90. The van der Waals surface area contributed by atoms with Gasteiger partial charge in [-0.15, -0.1) is 0 Å². The number of thioether (sulfide) groups is 1. The molecular weight excluding hydrogens is 218 g/mol. The Hall–Kier alpha value is -0.670. The molecule has 0 spiro atoms. The Morgan fingerprint density at radius 1 is 1.38 bits per heavy atom. The molecule has 16 heavy (non-hydrogen) atoms. The van der Waals surface area contributed by atoms with Gasteiger partial charge in [0.05, 0.1) is 0 Å². The standard InChI is InChI=1S/C13H21NOS/c1-3-14-12(10-16-4-2)8-11-6-5-7-13(15)9-11/h5-7,9,12,14-15H,3-4,8,10H2,1-2H3. The second-order valence-electron chi connectivity index (χ2n) is 3.79. The fraction of sp³-hybridized carbons (Fsp3) is 0.538. The zero-order valence-electron chi connectivity index (χ0n) is 10.1. The molecule has 90 valence electrons. The molecule has 0 fully saturated rings. The van der Waals surface area contributed by atoms with Crippen LogP contribution in [0.2, 0.25) is 0 Å². The third-order valence-electron chi connectivity index (χ3n) is 2.41. The summed E-state index contributed by atoms with van der Waals surface area (Å²) in [6, 6.07) is 8.03. The van der Waals surface area contributed by atoms with Gasteiger partial charge in [0, 0.05) is 11.8 Å². The Bertz CT molecular complexity index is 304. The summed E-state index contributed by atoms with van der Waals surface area (Å²) in [7, 11) is 0. The van der Waals surface area contributed by atoms with E-state index >= 15 is 0 Å². The summed E-state index contributed by atoms with van der Waals surface area (Å²) in [5, 5.41) is 12.9.